The first-order chi connectivity index (χ1) is 15.2. The van der Waals surface area contributed by atoms with Gasteiger partial charge in [0.1, 0.15) is 4.32 Å². The molecule has 0 unspecified atom stereocenters. The molecule has 1 aliphatic heterocycles. The van der Waals surface area contributed by atoms with Gasteiger partial charge in [0.25, 0.3) is 15.9 Å². The molecule has 2 aromatic carbocycles. The fourth-order valence-corrected chi connectivity index (χ4v) is 5.14. The van der Waals surface area contributed by atoms with Crippen molar-refractivity contribution >= 4 is 67.8 Å². The van der Waals surface area contributed by atoms with E-state index < -0.39 is 15.9 Å². The van der Waals surface area contributed by atoms with Crippen LogP contribution in [0.3, 0.4) is 0 Å². The molecule has 0 saturated carbocycles. The minimum Gasteiger partial charge on any atom is -0.293 e. The number of carbonyl (C=O) groups is 2. The van der Waals surface area contributed by atoms with Crippen molar-refractivity contribution in [3.63, 3.8) is 0 Å². The van der Waals surface area contributed by atoms with Crippen LogP contribution in [0.1, 0.15) is 24.0 Å². The number of nitrogens with one attached hydrogen (secondary N) is 2. The van der Waals surface area contributed by atoms with Crippen molar-refractivity contribution in [1.29, 1.82) is 0 Å². The minimum atomic E-state index is -3.86. The maximum Gasteiger partial charge on any atom is 0.266 e. The number of thiocarbonyl (C=S) groups is 1. The van der Waals surface area contributed by atoms with E-state index in [4.69, 9.17) is 23.8 Å². The van der Waals surface area contributed by atoms with Crippen LogP contribution in [0, 0.1) is 6.92 Å². The number of nitrogens with zero attached hydrogens (tertiary/aromatic N) is 1. The van der Waals surface area contributed by atoms with Gasteiger partial charge in [-0.3, -0.25) is 19.9 Å². The van der Waals surface area contributed by atoms with Crippen molar-refractivity contribution in [3.05, 3.63) is 69.6 Å². The van der Waals surface area contributed by atoms with E-state index in [1.54, 1.807) is 36.4 Å². The van der Waals surface area contributed by atoms with Gasteiger partial charge in [0.2, 0.25) is 5.91 Å². The summed E-state index contributed by atoms with van der Waals surface area (Å²) in [6, 6.07) is 13.4. The zero-order chi connectivity index (χ0) is 23.3. The van der Waals surface area contributed by atoms with E-state index in [2.05, 4.69) is 10.3 Å². The molecule has 0 atom stereocenters. The predicted octanol–water partition coefficient (Wildman–Crippen LogP) is 3.64. The Bertz CT molecular complexity index is 1180. The zero-order valence-corrected chi connectivity index (χ0v) is 20.2. The van der Waals surface area contributed by atoms with Gasteiger partial charge in [-0.25, -0.2) is 8.42 Å². The van der Waals surface area contributed by atoms with Gasteiger partial charge in [0, 0.05) is 18.0 Å². The third kappa shape index (κ3) is 6.17. The Kier molecular flexibility index (Phi) is 8.07. The van der Waals surface area contributed by atoms with E-state index in [1.807, 2.05) is 13.0 Å². The molecule has 2 amide bonds. The second-order valence-electron chi connectivity index (χ2n) is 6.93. The second-order valence-corrected chi connectivity index (χ2v) is 10.7. The summed E-state index contributed by atoms with van der Waals surface area (Å²) in [5, 5.41) is 0.530. The van der Waals surface area contributed by atoms with E-state index >= 15 is 0 Å². The van der Waals surface area contributed by atoms with Gasteiger partial charge in [-0.1, -0.05) is 71.5 Å². The van der Waals surface area contributed by atoms with E-state index in [9.17, 15) is 18.0 Å². The van der Waals surface area contributed by atoms with Crippen molar-refractivity contribution in [2.24, 2.45) is 0 Å². The summed E-state index contributed by atoms with van der Waals surface area (Å²) < 4.78 is 24.8. The highest BCUT2D eigenvalue weighted by Crippen LogP contribution is 2.33. The monoisotopic (exact) mass is 509 g/mol. The van der Waals surface area contributed by atoms with Gasteiger partial charge in [0.15, 0.2) is 0 Å². The average Bonchev–Trinajstić information content (AvgIpc) is 3.01. The van der Waals surface area contributed by atoms with E-state index in [-0.39, 0.29) is 23.8 Å². The van der Waals surface area contributed by atoms with Crippen LogP contribution in [0.2, 0.25) is 5.02 Å². The molecule has 0 aliphatic carbocycles. The Morgan fingerprint density at radius 1 is 1.19 bits per heavy atom. The first-order valence-corrected chi connectivity index (χ1v) is 12.6. The second kappa shape index (κ2) is 10.6. The SMILES string of the molecule is Cc1ccc(S(=O)(=O)NNC(=O)CCCN2C(=O)C(=Cc3ccccc3Cl)SC2=S)cc1. The van der Waals surface area contributed by atoms with Crippen molar-refractivity contribution in [3.8, 4) is 0 Å². The summed E-state index contributed by atoms with van der Waals surface area (Å²) >= 11 is 12.6. The summed E-state index contributed by atoms with van der Waals surface area (Å²) in [6.07, 6.45) is 2.01. The number of sulfonamides is 1. The van der Waals surface area contributed by atoms with Crippen LogP contribution >= 0.6 is 35.6 Å². The Morgan fingerprint density at radius 2 is 1.88 bits per heavy atom. The highest BCUT2D eigenvalue weighted by molar-refractivity contribution is 8.26. The molecular weight excluding hydrogens is 490 g/mol. The number of amides is 2. The molecule has 0 radical (unpaired) electrons. The molecule has 1 heterocycles. The van der Waals surface area contributed by atoms with Crippen LogP contribution in [0.4, 0.5) is 0 Å². The summed E-state index contributed by atoms with van der Waals surface area (Å²) in [5.74, 6) is -0.766. The lowest BCUT2D eigenvalue weighted by Crippen LogP contribution is -2.41. The van der Waals surface area contributed by atoms with Crippen LogP contribution in [0.25, 0.3) is 6.08 Å². The number of hydrogen-bond donors (Lipinski definition) is 2. The Hall–Kier alpha value is -2.24. The number of thioether (sulfide) groups is 1. The molecular formula is C21H20ClN3O4S3. The molecule has 7 nitrogen and oxygen atoms in total. The molecule has 1 saturated heterocycles. The number of benzene rings is 2. The lowest BCUT2D eigenvalue weighted by Gasteiger charge is -2.14. The molecule has 1 fully saturated rings. The highest BCUT2D eigenvalue weighted by atomic mass is 35.5. The number of halogens is 1. The van der Waals surface area contributed by atoms with E-state index in [0.29, 0.717) is 20.7 Å². The summed E-state index contributed by atoms with van der Waals surface area (Å²) in [7, 11) is -3.86. The van der Waals surface area contributed by atoms with Gasteiger partial charge in [-0.15, -0.1) is 4.83 Å². The fourth-order valence-electron chi connectivity index (χ4n) is 2.79. The molecule has 2 N–H and O–H groups in total. The molecule has 0 bridgehead atoms. The van der Waals surface area contributed by atoms with Gasteiger partial charge >= 0.3 is 0 Å². The van der Waals surface area contributed by atoms with Crippen molar-refractivity contribution < 1.29 is 18.0 Å². The molecule has 32 heavy (non-hydrogen) atoms. The predicted molar refractivity (Wildman–Crippen MR) is 130 cm³/mol. The normalized spacial score (nSPS) is 15.4. The number of rotatable bonds is 8. The molecule has 0 spiro atoms. The first-order valence-electron chi connectivity index (χ1n) is 9.54. The van der Waals surface area contributed by atoms with Crippen molar-refractivity contribution in [2.45, 2.75) is 24.7 Å². The largest absolute Gasteiger partial charge is 0.293 e. The van der Waals surface area contributed by atoms with Crippen molar-refractivity contribution in [2.75, 3.05) is 6.54 Å². The van der Waals surface area contributed by atoms with Crippen LogP contribution in [0.15, 0.2) is 58.3 Å². The summed E-state index contributed by atoms with van der Waals surface area (Å²) in [6.45, 7) is 2.08. The zero-order valence-electron chi connectivity index (χ0n) is 17.0. The molecule has 11 heteroatoms. The molecule has 168 valence electrons. The molecule has 3 rings (SSSR count). The van der Waals surface area contributed by atoms with Crippen LogP contribution in [-0.2, 0) is 19.6 Å². The number of carbonyl (C=O) groups excluding carboxylic acids is 2. The lowest BCUT2D eigenvalue weighted by molar-refractivity contribution is -0.124. The lowest BCUT2D eigenvalue weighted by atomic mass is 10.2. The maximum absolute atomic E-state index is 12.7. The van der Waals surface area contributed by atoms with Crippen LogP contribution < -0.4 is 10.3 Å². The number of hydrogen-bond acceptors (Lipinski definition) is 6. The molecule has 2 aromatic rings. The van der Waals surface area contributed by atoms with Crippen LogP contribution in [0.5, 0.6) is 0 Å². The number of aryl methyl sites for hydroxylation is 1. The van der Waals surface area contributed by atoms with E-state index in [1.165, 1.54) is 28.8 Å². The van der Waals surface area contributed by atoms with Gasteiger partial charge in [0.05, 0.1) is 9.80 Å². The smallest absolute Gasteiger partial charge is 0.266 e. The van der Waals surface area contributed by atoms with E-state index in [0.717, 1.165) is 11.1 Å². The Morgan fingerprint density at radius 3 is 2.56 bits per heavy atom. The topological polar surface area (TPSA) is 95.6 Å². The van der Waals surface area contributed by atoms with Crippen LogP contribution in [-0.4, -0.2) is 36.0 Å². The average molecular weight is 510 g/mol. The summed E-state index contributed by atoms with van der Waals surface area (Å²) in [5.41, 5.74) is 3.83. The molecule has 1 aliphatic rings. The number of hydrazine groups is 1. The van der Waals surface area contributed by atoms with Crippen molar-refractivity contribution in [1.82, 2.24) is 15.2 Å². The first kappa shape index (κ1) is 24.4. The maximum atomic E-state index is 12.7. The fraction of sp³-hybridized carbons (Fsp3) is 0.190. The van der Waals surface area contributed by atoms with Gasteiger partial charge < -0.3 is 0 Å². The quantitative estimate of drug-likeness (QED) is 0.320. The standard InChI is InChI=1S/C21H20ClN3O4S3/c1-14-8-10-16(11-9-14)32(28,29)24-23-19(26)7-4-12-25-20(27)18(31-21(25)30)13-15-5-2-3-6-17(15)22/h2-3,5-6,8-11,13,24H,4,7,12H2,1H3,(H,23,26). The Balaban J connectivity index is 1.50. The van der Waals surface area contributed by atoms with Gasteiger partial charge in [-0.2, -0.15) is 0 Å². The summed E-state index contributed by atoms with van der Waals surface area (Å²) in [4.78, 5) is 28.7. The minimum absolute atomic E-state index is 0.0110. The molecule has 0 aromatic heterocycles. The van der Waals surface area contributed by atoms with Gasteiger partial charge in [-0.05, 0) is 43.2 Å². The Labute approximate surface area is 201 Å². The highest BCUT2D eigenvalue weighted by Gasteiger charge is 2.31. The third-order valence-corrected chi connectivity index (χ3v) is 7.49. The third-order valence-electron chi connectivity index (χ3n) is 4.51.